The number of aryl methyl sites for hydroxylation is 1. The lowest BCUT2D eigenvalue weighted by atomic mass is 9.76. The Kier molecular flexibility index (Phi) is 4.55. The normalized spacial score (nSPS) is 20.2. The fourth-order valence-electron chi connectivity index (χ4n) is 3.17. The smallest absolute Gasteiger partial charge is 0.128 e. The number of ether oxygens (including phenoxy) is 1. The van der Waals surface area contributed by atoms with Crippen LogP contribution < -0.4 is 11.3 Å². The molecular formula is C15H23FN2O. The van der Waals surface area contributed by atoms with Crippen LogP contribution in [0.4, 0.5) is 4.39 Å². The molecule has 1 atom stereocenters. The molecule has 106 valence electrons. The molecule has 1 fully saturated rings. The summed E-state index contributed by atoms with van der Waals surface area (Å²) in [6, 6.07) is 4.82. The molecule has 1 unspecified atom stereocenters. The molecule has 3 nitrogen and oxygen atoms in total. The van der Waals surface area contributed by atoms with Crippen molar-refractivity contribution in [3.8, 4) is 0 Å². The highest BCUT2D eigenvalue weighted by molar-refractivity contribution is 5.29. The van der Waals surface area contributed by atoms with E-state index in [0.717, 1.165) is 31.2 Å². The van der Waals surface area contributed by atoms with Gasteiger partial charge in [0.15, 0.2) is 0 Å². The minimum atomic E-state index is -0.401. The van der Waals surface area contributed by atoms with Gasteiger partial charge in [0.2, 0.25) is 0 Å². The number of hydrogen-bond acceptors (Lipinski definition) is 3. The molecule has 1 saturated carbocycles. The fraction of sp³-hybridized carbons (Fsp3) is 0.600. The molecule has 0 amide bonds. The van der Waals surface area contributed by atoms with Gasteiger partial charge >= 0.3 is 0 Å². The van der Waals surface area contributed by atoms with E-state index in [9.17, 15) is 4.39 Å². The van der Waals surface area contributed by atoms with Crippen molar-refractivity contribution in [3.63, 3.8) is 0 Å². The van der Waals surface area contributed by atoms with E-state index in [1.165, 1.54) is 12.5 Å². The molecular weight excluding hydrogens is 243 g/mol. The summed E-state index contributed by atoms with van der Waals surface area (Å²) >= 11 is 0. The summed E-state index contributed by atoms with van der Waals surface area (Å²) in [5.41, 5.74) is 4.01. The highest BCUT2D eigenvalue weighted by Crippen LogP contribution is 2.41. The summed E-state index contributed by atoms with van der Waals surface area (Å²) in [6.45, 7) is 1.96. The van der Waals surface area contributed by atoms with Gasteiger partial charge in [0.25, 0.3) is 0 Å². The van der Waals surface area contributed by atoms with E-state index in [1.54, 1.807) is 13.2 Å². The fourth-order valence-corrected chi connectivity index (χ4v) is 3.17. The Morgan fingerprint density at radius 1 is 1.32 bits per heavy atom. The molecule has 0 heterocycles. The van der Waals surface area contributed by atoms with Crippen molar-refractivity contribution in [2.24, 2.45) is 5.84 Å². The van der Waals surface area contributed by atoms with Gasteiger partial charge in [-0.3, -0.25) is 5.84 Å². The van der Waals surface area contributed by atoms with Crippen molar-refractivity contribution < 1.29 is 9.13 Å². The molecule has 0 aliphatic heterocycles. The Morgan fingerprint density at radius 2 is 2.00 bits per heavy atom. The molecule has 1 aromatic rings. The molecule has 0 spiro atoms. The van der Waals surface area contributed by atoms with Crippen LogP contribution in [0.3, 0.4) is 0 Å². The van der Waals surface area contributed by atoms with E-state index in [4.69, 9.17) is 10.6 Å². The number of hydrogen-bond donors (Lipinski definition) is 2. The van der Waals surface area contributed by atoms with E-state index in [-0.39, 0.29) is 11.9 Å². The minimum Gasteiger partial charge on any atom is -0.376 e. The molecule has 19 heavy (non-hydrogen) atoms. The zero-order valence-electron chi connectivity index (χ0n) is 11.7. The van der Waals surface area contributed by atoms with Crippen LogP contribution in [0.1, 0.15) is 49.3 Å². The second-order valence-electron chi connectivity index (χ2n) is 5.45. The van der Waals surface area contributed by atoms with Gasteiger partial charge in [-0.1, -0.05) is 37.0 Å². The molecule has 1 aliphatic carbocycles. The number of methoxy groups -OCH3 is 1. The predicted molar refractivity (Wildman–Crippen MR) is 74.0 cm³/mol. The van der Waals surface area contributed by atoms with Crippen LogP contribution in [0.5, 0.6) is 0 Å². The number of hydrazine groups is 1. The first-order valence-corrected chi connectivity index (χ1v) is 6.90. The lowest BCUT2D eigenvalue weighted by Gasteiger charge is -2.42. The second-order valence-corrected chi connectivity index (χ2v) is 5.45. The third-order valence-corrected chi connectivity index (χ3v) is 4.26. The van der Waals surface area contributed by atoms with Crippen LogP contribution in [0.25, 0.3) is 0 Å². The minimum absolute atomic E-state index is 0.226. The predicted octanol–water partition coefficient (Wildman–Crippen LogP) is 2.99. The zero-order chi connectivity index (χ0) is 13.9. The number of benzene rings is 1. The van der Waals surface area contributed by atoms with Gasteiger partial charge in [0.05, 0.1) is 11.6 Å². The van der Waals surface area contributed by atoms with Crippen molar-refractivity contribution >= 4 is 0 Å². The first-order chi connectivity index (χ1) is 9.13. The van der Waals surface area contributed by atoms with Gasteiger partial charge in [-0.05, 0) is 25.8 Å². The van der Waals surface area contributed by atoms with Crippen LogP contribution in [-0.2, 0) is 4.74 Å². The maximum Gasteiger partial charge on any atom is 0.128 e. The largest absolute Gasteiger partial charge is 0.376 e. The first kappa shape index (κ1) is 14.4. The third-order valence-electron chi connectivity index (χ3n) is 4.26. The van der Waals surface area contributed by atoms with E-state index in [2.05, 4.69) is 5.43 Å². The van der Waals surface area contributed by atoms with Crippen LogP contribution in [-0.4, -0.2) is 12.7 Å². The third kappa shape index (κ3) is 2.81. The molecule has 1 aromatic carbocycles. The monoisotopic (exact) mass is 266 g/mol. The summed E-state index contributed by atoms with van der Waals surface area (Å²) < 4.78 is 19.9. The van der Waals surface area contributed by atoms with E-state index < -0.39 is 5.60 Å². The lowest BCUT2D eigenvalue weighted by molar-refractivity contribution is -0.0696. The molecule has 1 aliphatic rings. The number of nitrogens with two attached hydrogens (primary N) is 1. The summed E-state index contributed by atoms with van der Waals surface area (Å²) in [4.78, 5) is 0. The molecule has 3 N–H and O–H groups in total. The topological polar surface area (TPSA) is 47.3 Å². The maximum absolute atomic E-state index is 14.1. The Balaban J connectivity index is 2.39. The van der Waals surface area contributed by atoms with Gasteiger partial charge in [-0.25, -0.2) is 9.82 Å². The second kappa shape index (κ2) is 5.99. The van der Waals surface area contributed by atoms with Gasteiger partial charge in [-0.2, -0.15) is 0 Å². The molecule has 4 heteroatoms. The van der Waals surface area contributed by atoms with Gasteiger partial charge in [0, 0.05) is 12.7 Å². The first-order valence-electron chi connectivity index (χ1n) is 6.90. The van der Waals surface area contributed by atoms with Gasteiger partial charge in [-0.15, -0.1) is 0 Å². The summed E-state index contributed by atoms with van der Waals surface area (Å²) in [5, 5.41) is 0. The number of rotatable bonds is 4. The van der Waals surface area contributed by atoms with Crippen molar-refractivity contribution in [1.29, 1.82) is 0 Å². The van der Waals surface area contributed by atoms with Crippen molar-refractivity contribution in [3.05, 3.63) is 35.1 Å². The Morgan fingerprint density at radius 3 is 2.58 bits per heavy atom. The van der Waals surface area contributed by atoms with Crippen LogP contribution in [0, 0.1) is 12.7 Å². The molecule has 0 aromatic heterocycles. The van der Waals surface area contributed by atoms with E-state index >= 15 is 0 Å². The average Bonchev–Trinajstić information content (AvgIpc) is 2.44. The van der Waals surface area contributed by atoms with Crippen molar-refractivity contribution in [1.82, 2.24) is 5.43 Å². The highest BCUT2D eigenvalue weighted by Gasteiger charge is 2.41. The zero-order valence-corrected chi connectivity index (χ0v) is 11.7. The SMILES string of the molecule is COC1(C(NN)c2cc(C)ccc2F)CCCCC1. The highest BCUT2D eigenvalue weighted by atomic mass is 19.1. The average molecular weight is 266 g/mol. The van der Waals surface area contributed by atoms with Crippen molar-refractivity contribution in [2.75, 3.05) is 7.11 Å². The van der Waals surface area contributed by atoms with Crippen LogP contribution in [0.2, 0.25) is 0 Å². The number of nitrogens with one attached hydrogen (secondary N) is 1. The van der Waals surface area contributed by atoms with E-state index in [1.807, 2.05) is 13.0 Å². The molecule has 0 saturated heterocycles. The Hall–Kier alpha value is -0.970. The summed E-state index contributed by atoms with van der Waals surface area (Å²) in [7, 11) is 1.70. The maximum atomic E-state index is 14.1. The molecule has 2 rings (SSSR count). The van der Waals surface area contributed by atoms with Crippen LogP contribution >= 0.6 is 0 Å². The summed E-state index contributed by atoms with van der Waals surface area (Å²) in [5.74, 6) is 5.49. The van der Waals surface area contributed by atoms with Gasteiger partial charge in [0.1, 0.15) is 5.82 Å². The standard InChI is InChI=1S/C15H23FN2O/c1-11-6-7-13(16)12(10-11)14(18-17)15(19-2)8-4-3-5-9-15/h6-7,10,14,18H,3-5,8-9,17H2,1-2H3. The van der Waals surface area contributed by atoms with Crippen molar-refractivity contribution in [2.45, 2.75) is 50.7 Å². The van der Waals surface area contributed by atoms with Gasteiger partial charge < -0.3 is 4.74 Å². The summed E-state index contributed by atoms with van der Waals surface area (Å²) in [6.07, 6.45) is 5.22. The molecule has 0 bridgehead atoms. The number of halogens is 1. The van der Waals surface area contributed by atoms with E-state index in [0.29, 0.717) is 5.56 Å². The molecule has 0 radical (unpaired) electrons. The lowest BCUT2D eigenvalue weighted by Crippen LogP contribution is -2.49. The van der Waals surface area contributed by atoms with Crippen LogP contribution in [0.15, 0.2) is 18.2 Å². The Labute approximate surface area is 114 Å². The quantitative estimate of drug-likeness (QED) is 0.650. The Bertz CT molecular complexity index is 430.